The third-order valence-corrected chi connectivity index (χ3v) is 9.22. The molecular formula is C38H36N4O3. The van der Waals surface area contributed by atoms with Crippen LogP contribution in [0.1, 0.15) is 49.1 Å². The maximum absolute atomic E-state index is 14.6. The molecule has 226 valence electrons. The van der Waals surface area contributed by atoms with Gasteiger partial charge in [0, 0.05) is 43.8 Å². The van der Waals surface area contributed by atoms with Gasteiger partial charge in [0.15, 0.2) is 5.69 Å². The Hall–Kier alpha value is -5.01. The maximum atomic E-state index is 14.6. The number of aromatic carboxylic acids is 1. The third-order valence-electron chi connectivity index (χ3n) is 9.22. The molecule has 7 nitrogen and oxygen atoms in total. The van der Waals surface area contributed by atoms with Gasteiger partial charge >= 0.3 is 5.97 Å². The zero-order valence-corrected chi connectivity index (χ0v) is 25.1. The van der Waals surface area contributed by atoms with Gasteiger partial charge in [0.1, 0.15) is 0 Å². The quantitative estimate of drug-likeness (QED) is 0.232. The first kappa shape index (κ1) is 28.7. The average Bonchev–Trinajstić information content (AvgIpc) is 3.71. The molecule has 0 unspecified atom stereocenters. The second kappa shape index (κ2) is 12.5. The molecule has 1 N–H and O–H groups in total. The molecule has 1 amide bonds. The fourth-order valence-electron chi connectivity index (χ4n) is 6.95. The summed E-state index contributed by atoms with van der Waals surface area (Å²) < 4.78 is 2.22. The van der Waals surface area contributed by atoms with Crippen molar-refractivity contribution in [3.8, 4) is 11.3 Å². The third kappa shape index (κ3) is 6.04. The molecule has 1 aliphatic heterocycles. The average molecular weight is 597 g/mol. The van der Waals surface area contributed by atoms with Crippen LogP contribution in [0, 0.1) is 0 Å². The van der Waals surface area contributed by atoms with E-state index >= 15 is 0 Å². The molecule has 1 aliphatic carbocycles. The Morgan fingerprint density at radius 3 is 2.07 bits per heavy atom. The van der Waals surface area contributed by atoms with E-state index in [4.69, 9.17) is 4.98 Å². The molecule has 4 aromatic carbocycles. The number of carbonyl (C=O) groups excluding carboxylic acids is 1. The summed E-state index contributed by atoms with van der Waals surface area (Å²) in [7, 11) is 0. The molecule has 5 aromatic rings. The molecule has 7 heteroatoms. The Morgan fingerprint density at radius 2 is 1.40 bits per heavy atom. The number of piperazine rings is 1. The van der Waals surface area contributed by atoms with Gasteiger partial charge in [-0.25, -0.2) is 9.78 Å². The Labute approximate surface area is 263 Å². The largest absolute Gasteiger partial charge is 0.478 e. The summed E-state index contributed by atoms with van der Waals surface area (Å²) in [5.41, 5.74) is 7.55. The van der Waals surface area contributed by atoms with Crippen molar-refractivity contribution in [1.82, 2.24) is 19.4 Å². The molecule has 1 atom stereocenters. The van der Waals surface area contributed by atoms with Crippen LogP contribution in [0.15, 0.2) is 116 Å². The number of carboxylic acids is 1. The lowest BCUT2D eigenvalue weighted by Crippen LogP contribution is -2.55. The van der Waals surface area contributed by atoms with Crippen LogP contribution in [0.3, 0.4) is 0 Å². The van der Waals surface area contributed by atoms with Gasteiger partial charge in [0.05, 0.1) is 17.6 Å². The summed E-state index contributed by atoms with van der Waals surface area (Å²) >= 11 is 0. The summed E-state index contributed by atoms with van der Waals surface area (Å²) in [5, 5.41) is 9.40. The predicted octanol–water partition coefficient (Wildman–Crippen LogP) is 6.16. The normalized spacial score (nSPS) is 16.9. The highest BCUT2D eigenvalue weighted by Crippen LogP contribution is 2.35. The van der Waals surface area contributed by atoms with Crippen molar-refractivity contribution < 1.29 is 14.7 Å². The lowest BCUT2D eigenvalue weighted by molar-refractivity contribution is 0.0434. The van der Waals surface area contributed by atoms with Crippen LogP contribution in [0.4, 0.5) is 0 Å². The van der Waals surface area contributed by atoms with E-state index in [1.807, 2.05) is 47.6 Å². The smallest absolute Gasteiger partial charge is 0.335 e. The fourth-order valence-corrected chi connectivity index (χ4v) is 6.95. The van der Waals surface area contributed by atoms with E-state index in [9.17, 15) is 14.7 Å². The van der Waals surface area contributed by atoms with Gasteiger partial charge < -0.3 is 14.6 Å². The van der Waals surface area contributed by atoms with Crippen molar-refractivity contribution in [2.75, 3.05) is 19.6 Å². The topological polar surface area (TPSA) is 78.7 Å². The van der Waals surface area contributed by atoms with E-state index in [0.717, 1.165) is 42.8 Å². The first-order valence-corrected chi connectivity index (χ1v) is 15.6. The summed E-state index contributed by atoms with van der Waals surface area (Å²) in [4.78, 5) is 35.3. The minimum Gasteiger partial charge on any atom is -0.478 e. The first-order valence-electron chi connectivity index (χ1n) is 15.6. The van der Waals surface area contributed by atoms with Crippen molar-refractivity contribution in [2.45, 2.75) is 37.9 Å². The van der Waals surface area contributed by atoms with E-state index in [-0.39, 0.29) is 23.6 Å². The van der Waals surface area contributed by atoms with Gasteiger partial charge in [-0.3, -0.25) is 9.69 Å². The van der Waals surface area contributed by atoms with Crippen LogP contribution < -0.4 is 0 Å². The van der Waals surface area contributed by atoms with Crippen LogP contribution in [0.5, 0.6) is 0 Å². The van der Waals surface area contributed by atoms with E-state index in [1.165, 1.54) is 16.7 Å². The van der Waals surface area contributed by atoms with Crippen molar-refractivity contribution in [2.24, 2.45) is 0 Å². The minimum atomic E-state index is -0.945. The highest BCUT2D eigenvalue weighted by Gasteiger charge is 2.35. The number of hydrogen-bond acceptors (Lipinski definition) is 4. The second-order valence-electron chi connectivity index (χ2n) is 12.1. The van der Waals surface area contributed by atoms with Crippen LogP contribution >= 0.6 is 0 Å². The standard InChI is InChI=1S/C38H36N4O3/c43-37(35-36(29-11-5-2-6-12-29)42(26-39-35)33-22-31-13-7-8-14-32(31)23-33)41-20-19-40(24-28-9-3-1-4-10-28)25-34(41)21-27-15-17-30(18-16-27)38(44)45/h1-18,26,33-34H,19-25H2,(H,44,45)/t34-/m1/s1. The fraction of sp³-hybridized carbons (Fsp3) is 0.237. The zero-order chi connectivity index (χ0) is 30.8. The number of benzene rings is 4. The molecule has 45 heavy (non-hydrogen) atoms. The zero-order valence-electron chi connectivity index (χ0n) is 25.1. The Bertz CT molecular complexity index is 1780. The second-order valence-corrected chi connectivity index (χ2v) is 12.1. The van der Waals surface area contributed by atoms with Crippen molar-refractivity contribution in [3.05, 3.63) is 149 Å². The van der Waals surface area contributed by atoms with Crippen LogP contribution in [0.2, 0.25) is 0 Å². The summed E-state index contributed by atoms with van der Waals surface area (Å²) in [6, 6.07) is 36.2. The van der Waals surface area contributed by atoms with E-state index in [0.29, 0.717) is 25.2 Å². The summed E-state index contributed by atoms with van der Waals surface area (Å²) in [6.07, 6.45) is 4.30. The highest BCUT2D eigenvalue weighted by molar-refractivity contribution is 5.98. The molecule has 1 saturated heterocycles. The number of aromatic nitrogens is 2. The molecule has 0 bridgehead atoms. The summed E-state index contributed by atoms with van der Waals surface area (Å²) in [6.45, 7) is 2.86. The number of carbonyl (C=O) groups is 2. The SMILES string of the molecule is O=C(O)c1ccc(C[C@@H]2CN(Cc3ccccc3)CCN2C(=O)c2ncn(C3Cc4ccccc4C3)c2-c2ccccc2)cc1. The Balaban J connectivity index is 1.21. The number of rotatable bonds is 8. The number of fused-ring (bicyclic) bond motifs is 1. The molecule has 0 spiro atoms. The van der Waals surface area contributed by atoms with Crippen molar-refractivity contribution in [3.63, 3.8) is 0 Å². The Morgan fingerprint density at radius 1 is 0.756 bits per heavy atom. The number of hydrogen-bond donors (Lipinski definition) is 1. The van der Waals surface area contributed by atoms with Gasteiger partial charge in [0.25, 0.3) is 5.91 Å². The lowest BCUT2D eigenvalue weighted by atomic mass is 9.99. The number of imidazole rings is 1. The van der Waals surface area contributed by atoms with E-state index < -0.39 is 5.97 Å². The predicted molar refractivity (Wildman–Crippen MR) is 174 cm³/mol. The van der Waals surface area contributed by atoms with Gasteiger partial charge in [-0.05, 0) is 53.6 Å². The highest BCUT2D eigenvalue weighted by atomic mass is 16.4. The van der Waals surface area contributed by atoms with Crippen LogP contribution in [-0.2, 0) is 25.8 Å². The molecule has 0 radical (unpaired) electrons. The molecule has 2 heterocycles. The summed E-state index contributed by atoms with van der Waals surface area (Å²) in [5.74, 6) is -1.01. The number of nitrogens with zero attached hydrogens (tertiary/aromatic N) is 4. The van der Waals surface area contributed by atoms with Crippen LogP contribution in [0.25, 0.3) is 11.3 Å². The van der Waals surface area contributed by atoms with Gasteiger partial charge in [-0.2, -0.15) is 0 Å². The number of amides is 1. The molecular weight excluding hydrogens is 560 g/mol. The number of carboxylic acid groups (broad SMARTS) is 1. The van der Waals surface area contributed by atoms with Gasteiger partial charge in [-0.15, -0.1) is 0 Å². The van der Waals surface area contributed by atoms with Gasteiger partial charge in [-0.1, -0.05) is 97.1 Å². The monoisotopic (exact) mass is 596 g/mol. The molecule has 7 rings (SSSR count). The first-order chi connectivity index (χ1) is 22.0. The van der Waals surface area contributed by atoms with Gasteiger partial charge in [0.2, 0.25) is 0 Å². The van der Waals surface area contributed by atoms with E-state index in [2.05, 4.69) is 70.1 Å². The molecule has 2 aliphatic rings. The molecule has 0 saturated carbocycles. The van der Waals surface area contributed by atoms with Crippen LogP contribution in [-0.4, -0.2) is 62.0 Å². The Kier molecular flexibility index (Phi) is 8.01. The molecule has 1 fully saturated rings. The van der Waals surface area contributed by atoms with E-state index in [1.54, 1.807) is 12.1 Å². The minimum absolute atomic E-state index is 0.0605. The lowest BCUT2D eigenvalue weighted by Gasteiger charge is -2.41. The van der Waals surface area contributed by atoms with Crippen molar-refractivity contribution in [1.29, 1.82) is 0 Å². The maximum Gasteiger partial charge on any atom is 0.335 e. The van der Waals surface area contributed by atoms with Crippen molar-refractivity contribution >= 4 is 11.9 Å². The molecule has 1 aromatic heterocycles.